The average Bonchev–Trinajstić information content (AvgIpc) is 3.40. The molecule has 0 atom stereocenters. The van der Waals surface area contributed by atoms with Crippen LogP contribution in [0, 0.1) is 12.7 Å². The molecule has 2 aromatic heterocycles. The van der Waals surface area contributed by atoms with Gasteiger partial charge in [-0.05, 0) is 71.0 Å². The van der Waals surface area contributed by atoms with E-state index >= 15 is 0 Å². The van der Waals surface area contributed by atoms with Gasteiger partial charge in [0.25, 0.3) is 5.91 Å². The molecular formula is C29H31FN4O6. The largest absolute Gasteiger partial charge is 0.488 e. The number of pyridine rings is 1. The number of anilines is 1. The predicted octanol–water partition coefficient (Wildman–Crippen LogP) is 5.10. The Labute approximate surface area is 230 Å². The van der Waals surface area contributed by atoms with Gasteiger partial charge in [-0.25, -0.2) is 19.0 Å². The minimum absolute atomic E-state index is 0.0217. The minimum atomic E-state index is -0.646. The summed E-state index contributed by atoms with van der Waals surface area (Å²) >= 11 is 0. The molecule has 3 aromatic rings. The molecule has 40 heavy (non-hydrogen) atoms. The van der Waals surface area contributed by atoms with E-state index in [1.165, 1.54) is 12.1 Å². The number of carbonyl (C=O) groups is 3. The van der Waals surface area contributed by atoms with Crippen molar-refractivity contribution in [3.63, 3.8) is 0 Å². The van der Waals surface area contributed by atoms with Crippen molar-refractivity contribution in [1.29, 1.82) is 0 Å². The molecule has 1 aliphatic rings. The van der Waals surface area contributed by atoms with Crippen molar-refractivity contribution in [1.82, 2.24) is 15.3 Å². The predicted molar refractivity (Wildman–Crippen MR) is 147 cm³/mol. The standard InChI is InChI=1S/C29H31FN4O6/c1-6-38-27(36)18-14-16(2)32-23(18)15-19-24-22(34-26(19)35)11-10-21(33-24)17-8-7-9-20(30)25(17)39-13-12-31-28(37)40-29(3,4)5/h7-11,14-15,32H,6,12-13H2,1-5H3,(H,31,37)(H,34,35)/b19-15-. The number of aromatic amines is 1. The Bertz CT molecular complexity index is 1490. The van der Waals surface area contributed by atoms with Gasteiger partial charge in [-0.1, -0.05) is 6.07 Å². The second kappa shape index (κ2) is 11.6. The lowest BCUT2D eigenvalue weighted by Crippen LogP contribution is -2.34. The number of esters is 1. The Hall–Kier alpha value is -4.67. The number of amides is 2. The summed E-state index contributed by atoms with van der Waals surface area (Å²) < 4.78 is 30.9. The van der Waals surface area contributed by atoms with Gasteiger partial charge in [0.05, 0.1) is 41.4 Å². The van der Waals surface area contributed by atoms with E-state index in [2.05, 4.69) is 20.6 Å². The number of hydrogen-bond acceptors (Lipinski definition) is 7. The van der Waals surface area contributed by atoms with E-state index in [0.29, 0.717) is 33.9 Å². The van der Waals surface area contributed by atoms with E-state index in [9.17, 15) is 18.8 Å². The van der Waals surface area contributed by atoms with Crippen molar-refractivity contribution >= 4 is 35.3 Å². The monoisotopic (exact) mass is 550 g/mol. The SMILES string of the molecule is CCOC(=O)c1cc(C)[nH]c1/C=C1\C(=O)Nc2ccc(-c3cccc(F)c3OCCNC(=O)OC(C)(C)C)nc21. The number of rotatable bonds is 8. The summed E-state index contributed by atoms with van der Waals surface area (Å²) in [5.74, 6) is -1.57. The highest BCUT2D eigenvalue weighted by atomic mass is 19.1. The van der Waals surface area contributed by atoms with Gasteiger partial charge < -0.3 is 29.8 Å². The molecule has 0 aliphatic carbocycles. The molecule has 1 aliphatic heterocycles. The van der Waals surface area contributed by atoms with Crippen LogP contribution in [0.15, 0.2) is 36.4 Å². The molecule has 3 heterocycles. The first-order valence-electron chi connectivity index (χ1n) is 12.8. The fourth-order valence-electron chi connectivity index (χ4n) is 4.07. The van der Waals surface area contributed by atoms with Gasteiger partial charge in [-0.15, -0.1) is 0 Å². The van der Waals surface area contributed by atoms with Crippen molar-refractivity contribution in [3.8, 4) is 17.0 Å². The van der Waals surface area contributed by atoms with E-state index in [1.807, 2.05) is 0 Å². The summed E-state index contributed by atoms with van der Waals surface area (Å²) in [5.41, 5.74) is 2.55. The molecule has 0 bridgehead atoms. The lowest BCUT2D eigenvalue weighted by molar-refractivity contribution is -0.110. The molecule has 1 aromatic carbocycles. The Morgan fingerprint density at radius 2 is 1.95 bits per heavy atom. The first-order chi connectivity index (χ1) is 19.0. The van der Waals surface area contributed by atoms with Crippen molar-refractivity contribution in [2.24, 2.45) is 0 Å². The second-order valence-corrected chi connectivity index (χ2v) is 10.00. The number of ether oxygens (including phenoxy) is 3. The zero-order valence-electron chi connectivity index (χ0n) is 22.9. The van der Waals surface area contributed by atoms with Crippen molar-refractivity contribution in [3.05, 3.63) is 64.9 Å². The summed E-state index contributed by atoms with van der Waals surface area (Å²) in [4.78, 5) is 44.9. The molecule has 3 N–H and O–H groups in total. The lowest BCUT2D eigenvalue weighted by Gasteiger charge is -2.19. The van der Waals surface area contributed by atoms with Gasteiger partial charge in [0.2, 0.25) is 0 Å². The summed E-state index contributed by atoms with van der Waals surface area (Å²) in [5, 5.41) is 5.33. The van der Waals surface area contributed by atoms with Gasteiger partial charge in [0, 0.05) is 11.3 Å². The topological polar surface area (TPSA) is 132 Å². The third-order valence-corrected chi connectivity index (χ3v) is 5.67. The Kier molecular flexibility index (Phi) is 8.22. The first kappa shape index (κ1) is 28.3. The van der Waals surface area contributed by atoms with Gasteiger partial charge in [0.15, 0.2) is 11.6 Å². The van der Waals surface area contributed by atoms with Crippen molar-refractivity contribution < 1.29 is 33.0 Å². The zero-order valence-corrected chi connectivity index (χ0v) is 22.9. The minimum Gasteiger partial charge on any atom is -0.488 e. The van der Waals surface area contributed by atoms with Crippen LogP contribution in [0.5, 0.6) is 5.75 Å². The van der Waals surface area contributed by atoms with Crippen LogP contribution in [-0.4, -0.2) is 53.3 Å². The van der Waals surface area contributed by atoms with Gasteiger partial charge in [-0.3, -0.25) is 4.79 Å². The molecule has 0 radical (unpaired) electrons. The van der Waals surface area contributed by atoms with Crippen LogP contribution in [0.3, 0.4) is 0 Å². The van der Waals surface area contributed by atoms with Gasteiger partial charge >= 0.3 is 12.1 Å². The quantitative estimate of drug-likeness (QED) is 0.202. The molecule has 0 spiro atoms. The number of fused-ring (bicyclic) bond motifs is 1. The number of nitrogens with zero attached hydrogens (tertiary/aromatic N) is 1. The molecule has 0 fully saturated rings. The molecule has 10 nitrogen and oxygen atoms in total. The maximum atomic E-state index is 14.8. The Morgan fingerprint density at radius 3 is 2.67 bits per heavy atom. The van der Waals surface area contributed by atoms with Gasteiger partial charge in [0.1, 0.15) is 17.9 Å². The van der Waals surface area contributed by atoms with E-state index < -0.39 is 29.4 Å². The van der Waals surface area contributed by atoms with E-state index in [0.717, 1.165) is 5.69 Å². The highest BCUT2D eigenvalue weighted by Gasteiger charge is 2.28. The first-order valence-corrected chi connectivity index (χ1v) is 12.8. The van der Waals surface area contributed by atoms with Crippen LogP contribution in [0.1, 0.15) is 55.1 Å². The third-order valence-electron chi connectivity index (χ3n) is 5.67. The highest BCUT2D eigenvalue weighted by molar-refractivity contribution is 6.34. The summed E-state index contributed by atoms with van der Waals surface area (Å²) in [7, 11) is 0. The number of carbonyl (C=O) groups excluding carboxylic acids is 3. The highest BCUT2D eigenvalue weighted by Crippen LogP contribution is 2.37. The summed E-state index contributed by atoms with van der Waals surface area (Å²) in [6.07, 6.45) is 0.938. The second-order valence-electron chi connectivity index (χ2n) is 10.00. The Morgan fingerprint density at radius 1 is 1.18 bits per heavy atom. The number of para-hydroxylation sites is 1. The van der Waals surface area contributed by atoms with Crippen LogP contribution < -0.4 is 15.4 Å². The number of nitrogens with one attached hydrogen (secondary N) is 3. The maximum absolute atomic E-state index is 14.8. The molecule has 2 amide bonds. The number of halogens is 1. The van der Waals surface area contributed by atoms with E-state index in [4.69, 9.17) is 14.2 Å². The maximum Gasteiger partial charge on any atom is 0.407 e. The lowest BCUT2D eigenvalue weighted by atomic mass is 10.1. The van der Waals surface area contributed by atoms with Crippen molar-refractivity contribution in [2.45, 2.75) is 40.2 Å². The number of aromatic nitrogens is 2. The van der Waals surface area contributed by atoms with Crippen LogP contribution in [-0.2, 0) is 14.3 Å². The number of alkyl carbamates (subject to hydrolysis) is 1. The van der Waals surface area contributed by atoms with Crippen LogP contribution in [0.2, 0.25) is 0 Å². The zero-order chi connectivity index (χ0) is 29.0. The summed E-state index contributed by atoms with van der Waals surface area (Å²) in [6, 6.07) is 9.39. The average molecular weight is 551 g/mol. The molecule has 4 rings (SSSR count). The third kappa shape index (κ3) is 6.48. The normalized spacial score (nSPS) is 13.6. The smallest absolute Gasteiger partial charge is 0.407 e. The fraction of sp³-hybridized carbons (Fsp3) is 0.310. The molecule has 11 heteroatoms. The van der Waals surface area contributed by atoms with E-state index in [-0.39, 0.29) is 31.1 Å². The number of benzene rings is 1. The fourth-order valence-corrected chi connectivity index (χ4v) is 4.07. The van der Waals surface area contributed by atoms with E-state index in [1.54, 1.807) is 65.0 Å². The molecule has 0 saturated heterocycles. The molecule has 210 valence electrons. The molecule has 0 unspecified atom stereocenters. The molecule has 0 saturated carbocycles. The van der Waals surface area contributed by atoms with Crippen LogP contribution in [0.25, 0.3) is 22.9 Å². The number of H-pyrrole nitrogens is 1. The summed E-state index contributed by atoms with van der Waals surface area (Å²) in [6.45, 7) is 9.03. The number of hydrogen-bond donors (Lipinski definition) is 3. The van der Waals surface area contributed by atoms with Crippen molar-refractivity contribution in [2.75, 3.05) is 25.1 Å². The van der Waals surface area contributed by atoms with Crippen LogP contribution in [0.4, 0.5) is 14.9 Å². The number of aryl methyl sites for hydroxylation is 1. The van der Waals surface area contributed by atoms with Crippen LogP contribution >= 0.6 is 0 Å². The van der Waals surface area contributed by atoms with Gasteiger partial charge in [-0.2, -0.15) is 0 Å². The Balaban J connectivity index is 1.61. The molecular weight excluding hydrogens is 519 g/mol.